The van der Waals surface area contributed by atoms with Gasteiger partial charge in [0, 0.05) is 12.7 Å². The molecule has 4 heteroatoms. The fourth-order valence-corrected chi connectivity index (χ4v) is 2.07. The van der Waals surface area contributed by atoms with Crippen LogP contribution in [0.4, 0.5) is 5.82 Å². The Morgan fingerprint density at radius 2 is 2.46 bits per heavy atom. The van der Waals surface area contributed by atoms with Gasteiger partial charge < -0.3 is 5.73 Å². The molecule has 1 aromatic heterocycles. The molecule has 2 atom stereocenters. The molecule has 0 aromatic carbocycles. The van der Waals surface area contributed by atoms with Crippen molar-refractivity contribution in [3.05, 3.63) is 10.7 Å². The third-order valence-electron chi connectivity index (χ3n) is 2.96. The summed E-state index contributed by atoms with van der Waals surface area (Å²) in [5, 5.41) is 4.21. The van der Waals surface area contributed by atoms with Crippen LogP contribution >= 0.6 is 15.9 Å². The van der Waals surface area contributed by atoms with E-state index < -0.39 is 0 Å². The molecule has 0 aliphatic heterocycles. The van der Waals surface area contributed by atoms with Gasteiger partial charge >= 0.3 is 0 Å². The Hall–Kier alpha value is -0.510. The van der Waals surface area contributed by atoms with E-state index in [4.69, 9.17) is 5.73 Å². The Labute approximate surface area is 86.4 Å². The maximum atomic E-state index is 5.63. The quantitative estimate of drug-likeness (QED) is 0.867. The number of nitrogens with two attached hydrogens (primary N) is 1. The minimum absolute atomic E-state index is 0.590. The first kappa shape index (κ1) is 9.06. The molecule has 1 aliphatic carbocycles. The van der Waals surface area contributed by atoms with Crippen molar-refractivity contribution in [3.63, 3.8) is 0 Å². The van der Waals surface area contributed by atoms with Crippen molar-refractivity contribution in [1.29, 1.82) is 0 Å². The second kappa shape index (κ2) is 3.33. The summed E-state index contributed by atoms with van der Waals surface area (Å²) in [6, 6.07) is 0. The number of hydrogen-bond donors (Lipinski definition) is 1. The Kier molecular flexibility index (Phi) is 2.32. The summed E-state index contributed by atoms with van der Waals surface area (Å²) in [4.78, 5) is 0. The molecule has 1 fully saturated rings. The molecule has 0 bridgehead atoms. The van der Waals surface area contributed by atoms with Crippen LogP contribution < -0.4 is 5.73 Å². The normalized spacial score (nSPS) is 27.2. The molecule has 13 heavy (non-hydrogen) atoms. The summed E-state index contributed by atoms with van der Waals surface area (Å²) in [7, 11) is 0. The molecule has 0 saturated heterocycles. The van der Waals surface area contributed by atoms with E-state index in [1.807, 2.05) is 10.9 Å². The van der Waals surface area contributed by atoms with Crippen molar-refractivity contribution in [2.75, 3.05) is 5.73 Å². The van der Waals surface area contributed by atoms with E-state index in [0.29, 0.717) is 5.82 Å². The molecule has 1 saturated carbocycles. The van der Waals surface area contributed by atoms with Gasteiger partial charge in [-0.05, 0) is 34.2 Å². The summed E-state index contributed by atoms with van der Waals surface area (Å²) in [6.45, 7) is 3.31. The first-order chi connectivity index (χ1) is 6.16. The highest BCUT2D eigenvalue weighted by Crippen LogP contribution is 2.35. The van der Waals surface area contributed by atoms with Gasteiger partial charge in [0.05, 0.1) is 4.47 Å². The molecule has 2 rings (SSSR count). The molecular weight excluding hydrogens is 230 g/mol. The summed E-state index contributed by atoms with van der Waals surface area (Å²) < 4.78 is 2.85. The van der Waals surface area contributed by atoms with Gasteiger partial charge in [0.2, 0.25) is 0 Å². The number of rotatable bonds is 2. The molecule has 1 aromatic rings. The summed E-state index contributed by atoms with van der Waals surface area (Å²) in [6.07, 6.45) is 4.65. The number of hydrogen-bond acceptors (Lipinski definition) is 2. The lowest BCUT2D eigenvalue weighted by Crippen LogP contribution is -2.27. The van der Waals surface area contributed by atoms with Crippen LogP contribution in [0.2, 0.25) is 0 Å². The van der Waals surface area contributed by atoms with Crippen molar-refractivity contribution in [2.45, 2.75) is 26.3 Å². The molecule has 1 heterocycles. The molecule has 3 nitrogen and oxygen atoms in total. The van der Waals surface area contributed by atoms with E-state index in [-0.39, 0.29) is 0 Å². The van der Waals surface area contributed by atoms with Crippen LogP contribution in [0.15, 0.2) is 10.7 Å². The third-order valence-corrected chi connectivity index (χ3v) is 3.57. The van der Waals surface area contributed by atoms with E-state index in [0.717, 1.165) is 22.9 Å². The highest BCUT2D eigenvalue weighted by atomic mass is 79.9. The van der Waals surface area contributed by atoms with Crippen LogP contribution in [0.25, 0.3) is 0 Å². The Bertz CT molecular complexity index is 288. The van der Waals surface area contributed by atoms with Crippen LogP contribution in [0.5, 0.6) is 0 Å². The van der Waals surface area contributed by atoms with Gasteiger partial charge in [0.25, 0.3) is 0 Å². The fourth-order valence-electron chi connectivity index (χ4n) is 1.75. The minimum Gasteiger partial charge on any atom is -0.381 e. The zero-order valence-corrected chi connectivity index (χ0v) is 9.29. The maximum absolute atomic E-state index is 5.63. The van der Waals surface area contributed by atoms with Crippen LogP contribution in [-0.4, -0.2) is 9.78 Å². The van der Waals surface area contributed by atoms with E-state index in [1.165, 1.54) is 12.8 Å². The SMILES string of the molecule is C[C@H]1CC[C@H]1Cn1cc(Br)c(N)n1. The van der Waals surface area contributed by atoms with Crippen molar-refractivity contribution >= 4 is 21.7 Å². The monoisotopic (exact) mass is 243 g/mol. The smallest absolute Gasteiger partial charge is 0.159 e. The van der Waals surface area contributed by atoms with Gasteiger partial charge in [0.1, 0.15) is 0 Å². The fraction of sp³-hybridized carbons (Fsp3) is 0.667. The van der Waals surface area contributed by atoms with E-state index in [9.17, 15) is 0 Å². The van der Waals surface area contributed by atoms with Crippen molar-refractivity contribution in [1.82, 2.24) is 9.78 Å². The van der Waals surface area contributed by atoms with Gasteiger partial charge in [-0.25, -0.2) is 0 Å². The Morgan fingerprint density at radius 1 is 1.69 bits per heavy atom. The van der Waals surface area contributed by atoms with Crippen LogP contribution in [0, 0.1) is 11.8 Å². The number of nitrogens with zero attached hydrogens (tertiary/aromatic N) is 2. The lowest BCUT2D eigenvalue weighted by Gasteiger charge is -2.33. The number of nitrogen functional groups attached to an aromatic ring is 1. The van der Waals surface area contributed by atoms with Gasteiger partial charge in [-0.3, -0.25) is 4.68 Å². The van der Waals surface area contributed by atoms with E-state index >= 15 is 0 Å². The van der Waals surface area contributed by atoms with E-state index in [2.05, 4.69) is 28.0 Å². The maximum Gasteiger partial charge on any atom is 0.159 e. The lowest BCUT2D eigenvalue weighted by atomic mass is 9.75. The third kappa shape index (κ3) is 1.73. The van der Waals surface area contributed by atoms with Gasteiger partial charge in [-0.2, -0.15) is 5.10 Å². The number of anilines is 1. The molecule has 0 radical (unpaired) electrons. The topological polar surface area (TPSA) is 43.8 Å². The average molecular weight is 244 g/mol. The van der Waals surface area contributed by atoms with Crippen molar-refractivity contribution in [2.24, 2.45) is 11.8 Å². The second-order valence-electron chi connectivity index (χ2n) is 3.90. The highest BCUT2D eigenvalue weighted by molar-refractivity contribution is 9.10. The number of aromatic nitrogens is 2. The van der Waals surface area contributed by atoms with Gasteiger partial charge in [-0.1, -0.05) is 13.3 Å². The summed E-state index contributed by atoms with van der Waals surface area (Å²) in [5.41, 5.74) is 5.63. The Balaban J connectivity index is 2.01. The zero-order valence-electron chi connectivity index (χ0n) is 7.70. The molecular formula is C9H14BrN3. The molecule has 0 amide bonds. The standard InChI is InChI=1S/C9H14BrN3/c1-6-2-3-7(6)4-13-5-8(10)9(11)12-13/h5-7H,2-4H2,1H3,(H2,11,12)/t6-,7-/m0/s1. The van der Waals surface area contributed by atoms with Gasteiger partial charge in [0.15, 0.2) is 5.82 Å². The molecule has 72 valence electrons. The molecule has 0 spiro atoms. The first-order valence-corrected chi connectivity index (χ1v) is 5.44. The van der Waals surface area contributed by atoms with Gasteiger partial charge in [-0.15, -0.1) is 0 Å². The summed E-state index contributed by atoms with van der Waals surface area (Å²) >= 11 is 3.35. The number of halogens is 1. The van der Waals surface area contributed by atoms with Crippen LogP contribution in [0.1, 0.15) is 19.8 Å². The second-order valence-corrected chi connectivity index (χ2v) is 4.75. The summed E-state index contributed by atoms with van der Waals surface area (Å²) in [5.74, 6) is 2.24. The van der Waals surface area contributed by atoms with E-state index in [1.54, 1.807) is 0 Å². The minimum atomic E-state index is 0.590. The molecule has 1 aliphatic rings. The van der Waals surface area contributed by atoms with Crippen molar-refractivity contribution < 1.29 is 0 Å². The predicted molar refractivity (Wildman–Crippen MR) is 56.2 cm³/mol. The highest BCUT2D eigenvalue weighted by Gasteiger charge is 2.27. The first-order valence-electron chi connectivity index (χ1n) is 4.65. The van der Waals surface area contributed by atoms with Crippen LogP contribution in [-0.2, 0) is 6.54 Å². The average Bonchev–Trinajstić information content (AvgIpc) is 2.40. The Morgan fingerprint density at radius 3 is 2.85 bits per heavy atom. The largest absolute Gasteiger partial charge is 0.381 e. The molecule has 0 unspecified atom stereocenters. The van der Waals surface area contributed by atoms with Crippen LogP contribution in [0.3, 0.4) is 0 Å². The molecule has 2 N–H and O–H groups in total. The lowest BCUT2D eigenvalue weighted by molar-refractivity contribution is 0.165. The zero-order chi connectivity index (χ0) is 9.42. The van der Waals surface area contributed by atoms with Crippen molar-refractivity contribution in [3.8, 4) is 0 Å². The predicted octanol–water partition coefficient (Wildman–Crippen LogP) is 2.27.